The number of esters is 1. The minimum Gasteiger partial charge on any atom is -0.423 e. The monoisotopic (exact) mass is 337 g/mol. The van der Waals surface area contributed by atoms with E-state index >= 15 is 0 Å². The lowest BCUT2D eigenvalue weighted by Gasteiger charge is -2.28. The van der Waals surface area contributed by atoms with Crippen molar-refractivity contribution in [2.75, 3.05) is 37.7 Å². The van der Waals surface area contributed by atoms with Gasteiger partial charge >= 0.3 is 5.97 Å². The topological polar surface area (TPSA) is 111 Å². The van der Waals surface area contributed by atoms with Crippen molar-refractivity contribution < 1.29 is 24.0 Å². The molecule has 1 aromatic carbocycles. The second kappa shape index (κ2) is 8.25. The molecule has 0 saturated carbocycles. The minimum atomic E-state index is -0.571. The van der Waals surface area contributed by atoms with Crippen LogP contribution >= 0.6 is 0 Å². The van der Waals surface area contributed by atoms with Crippen LogP contribution in [-0.2, 0) is 14.3 Å². The molecule has 1 heterocycles. The number of amides is 1. The predicted octanol–water partition coefficient (Wildman–Crippen LogP) is 0.863. The Kier molecular flexibility index (Phi) is 6.07. The van der Waals surface area contributed by atoms with E-state index in [1.165, 1.54) is 23.1 Å². The lowest BCUT2D eigenvalue weighted by molar-refractivity contribution is -0.384. The van der Waals surface area contributed by atoms with Crippen molar-refractivity contribution in [2.24, 2.45) is 0 Å². The highest BCUT2D eigenvalue weighted by Gasteiger charge is 2.27. The van der Waals surface area contributed by atoms with Crippen LogP contribution in [0.4, 0.5) is 11.4 Å². The SMILES string of the molecule is CCOCCCNC(=O)CN1CC(=O)Oc2cc([N+](=O)[O-])ccc21. The number of hydrogen-bond acceptors (Lipinski definition) is 7. The molecule has 1 aromatic rings. The Balaban J connectivity index is 1.98. The number of nitrogens with zero attached hydrogens (tertiary/aromatic N) is 2. The molecule has 0 aliphatic carbocycles. The van der Waals surface area contributed by atoms with Gasteiger partial charge in [-0.3, -0.25) is 14.9 Å². The van der Waals surface area contributed by atoms with E-state index in [9.17, 15) is 19.7 Å². The largest absolute Gasteiger partial charge is 0.423 e. The molecule has 1 N–H and O–H groups in total. The Labute approximate surface area is 138 Å². The summed E-state index contributed by atoms with van der Waals surface area (Å²) >= 11 is 0. The van der Waals surface area contributed by atoms with E-state index in [1.54, 1.807) is 0 Å². The number of carbonyl (C=O) groups excluding carboxylic acids is 2. The van der Waals surface area contributed by atoms with Gasteiger partial charge in [-0.2, -0.15) is 0 Å². The summed E-state index contributed by atoms with van der Waals surface area (Å²) in [6.45, 7) is 3.46. The third-order valence-corrected chi connectivity index (χ3v) is 3.36. The summed E-state index contributed by atoms with van der Waals surface area (Å²) in [5.74, 6) is -0.720. The molecular formula is C15H19N3O6. The Morgan fingerprint density at radius 3 is 3.00 bits per heavy atom. The molecule has 0 saturated heterocycles. The van der Waals surface area contributed by atoms with Gasteiger partial charge in [0.15, 0.2) is 5.75 Å². The Bertz CT molecular complexity index is 634. The second-order valence-electron chi connectivity index (χ2n) is 5.14. The van der Waals surface area contributed by atoms with E-state index in [2.05, 4.69) is 5.32 Å². The quantitative estimate of drug-likeness (QED) is 0.246. The van der Waals surface area contributed by atoms with Crippen LogP contribution < -0.4 is 15.0 Å². The highest BCUT2D eigenvalue weighted by molar-refractivity contribution is 5.89. The van der Waals surface area contributed by atoms with Crippen molar-refractivity contribution in [1.82, 2.24) is 5.32 Å². The van der Waals surface area contributed by atoms with Crippen LogP contribution in [0.15, 0.2) is 18.2 Å². The lowest BCUT2D eigenvalue weighted by Crippen LogP contribution is -2.43. The highest BCUT2D eigenvalue weighted by Crippen LogP contribution is 2.34. The fraction of sp³-hybridized carbons (Fsp3) is 0.467. The molecule has 0 atom stereocenters. The molecule has 0 fully saturated rings. The number of rotatable bonds is 8. The van der Waals surface area contributed by atoms with Crippen molar-refractivity contribution >= 4 is 23.3 Å². The van der Waals surface area contributed by atoms with E-state index in [4.69, 9.17) is 9.47 Å². The van der Waals surface area contributed by atoms with Gasteiger partial charge in [0.2, 0.25) is 5.91 Å². The van der Waals surface area contributed by atoms with Gasteiger partial charge < -0.3 is 19.7 Å². The third kappa shape index (κ3) is 4.66. The molecule has 9 heteroatoms. The molecule has 130 valence electrons. The maximum atomic E-state index is 12.0. The molecule has 2 rings (SSSR count). The Morgan fingerprint density at radius 2 is 2.29 bits per heavy atom. The number of anilines is 1. The van der Waals surface area contributed by atoms with Crippen LogP contribution in [0, 0.1) is 10.1 Å². The summed E-state index contributed by atoms with van der Waals surface area (Å²) in [5.41, 5.74) is 0.299. The first-order chi connectivity index (χ1) is 11.5. The number of non-ortho nitro benzene ring substituents is 1. The fourth-order valence-electron chi connectivity index (χ4n) is 2.27. The van der Waals surface area contributed by atoms with Gasteiger partial charge in [0.05, 0.1) is 23.2 Å². The van der Waals surface area contributed by atoms with Crippen molar-refractivity contribution in [2.45, 2.75) is 13.3 Å². The van der Waals surface area contributed by atoms with Crippen molar-refractivity contribution in [3.8, 4) is 5.75 Å². The Morgan fingerprint density at radius 1 is 1.50 bits per heavy atom. The smallest absolute Gasteiger partial charge is 0.331 e. The van der Waals surface area contributed by atoms with Gasteiger partial charge in [0.25, 0.3) is 5.69 Å². The summed E-state index contributed by atoms with van der Waals surface area (Å²) in [6, 6.07) is 3.96. The molecule has 0 bridgehead atoms. The first kappa shape index (κ1) is 17.7. The minimum absolute atomic E-state index is 0.0332. The molecule has 0 unspecified atom stereocenters. The van der Waals surface area contributed by atoms with Crippen LogP contribution in [-0.4, -0.2) is 49.6 Å². The zero-order valence-electron chi connectivity index (χ0n) is 13.3. The number of nitro groups is 1. The number of benzene rings is 1. The number of carbonyl (C=O) groups is 2. The van der Waals surface area contributed by atoms with E-state index in [0.29, 0.717) is 31.9 Å². The third-order valence-electron chi connectivity index (χ3n) is 3.36. The van der Waals surface area contributed by atoms with Crippen molar-refractivity contribution in [3.05, 3.63) is 28.3 Å². The van der Waals surface area contributed by atoms with Crippen LogP contribution in [0.2, 0.25) is 0 Å². The molecule has 9 nitrogen and oxygen atoms in total. The summed E-state index contributed by atoms with van der Waals surface area (Å²) in [4.78, 5) is 35.4. The summed E-state index contributed by atoms with van der Waals surface area (Å²) in [5, 5.41) is 13.5. The fourth-order valence-corrected chi connectivity index (χ4v) is 2.27. The van der Waals surface area contributed by atoms with E-state index in [1.807, 2.05) is 6.92 Å². The van der Waals surface area contributed by atoms with Gasteiger partial charge in [-0.15, -0.1) is 0 Å². The molecule has 1 aliphatic rings. The lowest BCUT2D eigenvalue weighted by atomic mass is 10.2. The van der Waals surface area contributed by atoms with Gasteiger partial charge in [-0.1, -0.05) is 0 Å². The number of nitro benzene ring substituents is 1. The normalized spacial score (nSPS) is 13.2. The molecular weight excluding hydrogens is 318 g/mol. The van der Waals surface area contributed by atoms with E-state index in [-0.39, 0.29) is 30.4 Å². The molecule has 1 amide bonds. The van der Waals surface area contributed by atoms with Crippen molar-refractivity contribution in [1.29, 1.82) is 0 Å². The average Bonchev–Trinajstić information content (AvgIpc) is 2.53. The molecule has 24 heavy (non-hydrogen) atoms. The number of fused-ring (bicyclic) bond motifs is 1. The first-order valence-electron chi connectivity index (χ1n) is 7.59. The Hall–Kier alpha value is -2.68. The van der Waals surface area contributed by atoms with Crippen LogP contribution in [0.3, 0.4) is 0 Å². The maximum Gasteiger partial charge on any atom is 0.331 e. The van der Waals surface area contributed by atoms with Crippen molar-refractivity contribution in [3.63, 3.8) is 0 Å². The number of hydrogen-bond donors (Lipinski definition) is 1. The zero-order chi connectivity index (χ0) is 17.5. The standard InChI is InChI=1S/C15H19N3O6/c1-2-23-7-3-6-16-14(19)9-17-10-15(20)24-13-8-11(18(21)22)4-5-12(13)17/h4-5,8H,2-3,6-7,9-10H2,1H3,(H,16,19). The van der Waals surface area contributed by atoms with Crippen LogP contribution in [0.1, 0.15) is 13.3 Å². The predicted molar refractivity (Wildman–Crippen MR) is 85.1 cm³/mol. The van der Waals surface area contributed by atoms with E-state index in [0.717, 1.165) is 0 Å². The van der Waals surface area contributed by atoms with E-state index < -0.39 is 10.9 Å². The molecule has 0 spiro atoms. The van der Waals surface area contributed by atoms with Crippen LogP contribution in [0.25, 0.3) is 0 Å². The summed E-state index contributed by atoms with van der Waals surface area (Å²) < 4.78 is 10.2. The second-order valence-corrected chi connectivity index (χ2v) is 5.14. The maximum absolute atomic E-state index is 12.0. The van der Waals surface area contributed by atoms with Crippen LogP contribution in [0.5, 0.6) is 5.75 Å². The zero-order valence-corrected chi connectivity index (χ0v) is 13.3. The summed E-state index contributed by atoms with van der Waals surface area (Å²) in [6.07, 6.45) is 0.699. The highest BCUT2D eigenvalue weighted by atomic mass is 16.6. The molecule has 0 radical (unpaired) electrons. The molecule has 1 aliphatic heterocycles. The summed E-state index contributed by atoms with van der Waals surface area (Å²) in [7, 11) is 0. The number of nitrogens with one attached hydrogen (secondary N) is 1. The number of ether oxygens (including phenoxy) is 2. The van der Waals surface area contributed by atoms with Gasteiger partial charge in [-0.25, -0.2) is 4.79 Å². The molecule has 0 aromatic heterocycles. The van der Waals surface area contributed by atoms with Gasteiger partial charge in [0, 0.05) is 25.8 Å². The van der Waals surface area contributed by atoms with Gasteiger partial charge in [-0.05, 0) is 19.4 Å². The first-order valence-corrected chi connectivity index (χ1v) is 7.59. The average molecular weight is 337 g/mol. The van der Waals surface area contributed by atoms with Gasteiger partial charge in [0.1, 0.15) is 6.54 Å².